The largest absolute Gasteiger partial charge is 0.490 e. The number of ether oxygens (including phenoxy) is 2. The quantitative estimate of drug-likeness (QED) is 0.371. The van der Waals surface area contributed by atoms with Crippen LogP contribution in [0.15, 0.2) is 12.1 Å². The average molecular weight is 247 g/mol. The number of halogens is 1. The SMILES string of the molecule is COCCOc1cc(N)c([N+](=O)[O-])cc1Cl. The highest BCUT2D eigenvalue weighted by Crippen LogP contribution is 2.33. The van der Waals surface area contributed by atoms with Gasteiger partial charge in [-0.2, -0.15) is 0 Å². The number of nitrogens with two attached hydrogens (primary N) is 1. The molecule has 1 aromatic carbocycles. The summed E-state index contributed by atoms with van der Waals surface area (Å²) in [4.78, 5) is 9.95. The summed E-state index contributed by atoms with van der Waals surface area (Å²) in [5.41, 5.74) is 5.27. The molecule has 1 rings (SSSR count). The lowest BCUT2D eigenvalue weighted by Gasteiger charge is -2.08. The van der Waals surface area contributed by atoms with E-state index in [4.69, 9.17) is 26.8 Å². The van der Waals surface area contributed by atoms with Gasteiger partial charge in [0.25, 0.3) is 5.69 Å². The monoisotopic (exact) mass is 246 g/mol. The molecule has 0 aliphatic rings. The first-order valence-corrected chi connectivity index (χ1v) is 4.79. The van der Waals surface area contributed by atoms with E-state index in [0.29, 0.717) is 19.0 Å². The minimum absolute atomic E-state index is 0.0156. The van der Waals surface area contributed by atoms with Crippen molar-refractivity contribution in [3.05, 3.63) is 27.3 Å². The lowest BCUT2D eigenvalue weighted by atomic mass is 10.2. The molecule has 0 saturated heterocycles. The van der Waals surface area contributed by atoms with Gasteiger partial charge in [0.1, 0.15) is 18.0 Å². The summed E-state index contributed by atoms with van der Waals surface area (Å²) in [6, 6.07) is 2.50. The number of anilines is 1. The van der Waals surface area contributed by atoms with E-state index in [9.17, 15) is 10.1 Å². The summed E-state index contributed by atoms with van der Waals surface area (Å²) in [6.07, 6.45) is 0. The van der Waals surface area contributed by atoms with Gasteiger partial charge >= 0.3 is 0 Å². The van der Waals surface area contributed by atoms with E-state index in [0.717, 1.165) is 0 Å². The van der Waals surface area contributed by atoms with E-state index in [1.54, 1.807) is 0 Å². The van der Waals surface area contributed by atoms with E-state index in [2.05, 4.69) is 0 Å². The molecule has 0 radical (unpaired) electrons. The molecule has 2 N–H and O–H groups in total. The number of nitro groups is 1. The average Bonchev–Trinajstić information content (AvgIpc) is 2.22. The second-order valence-corrected chi connectivity index (χ2v) is 3.35. The van der Waals surface area contributed by atoms with E-state index in [1.807, 2.05) is 0 Å². The molecule has 0 aliphatic heterocycles. The fourth-order valence-corrected chi connectivity index (χ4v) is 1.27. The standard InChI is InChI=1S/C9H11ClN2O4/c1-15-2-3-16-9-5-7(11)8(12(13)14)4-6(9)10/h4-5H,2-3,11H2,1H3. The zero-order valence-electron chi connectivity index (χ0n) is 8.60. The minimum atomic E-state index is -0.597. The first-order valence-electron chi connectivity index (χ1n) is 4.41. The van der Waals surface area contributed by atoms with Crippen LogP contribution >= 0.6 is 11.6 Å². The number of nitrogen functional groups attached to an aromatic ring is 1. The summed E-state index contributed by atoms with van der Waals surface area (Å²) in [5, 5.41) is 10.7. The van der Waals surface area contributed by atoms with Crippen LogP contribution < -0.4 is 10.5 Å². The maximum atomic E-state index is 10.6. The molecule has 0 heterocycles. The van der Waals surface area contributed by atoms with Crippen molar-refractivity contribution in [2.45, 2.75) is 0 Å². The molecule has 0 atom stereocenters. The molecule has 7 heteroatoms. The van der Waals surface area contributed by atoms with Gasteiger partial charge < -0.3 is 15.2 Å². The fourth-order valence-electron chi connectivity index (χ4n) is 1.06. The van der Waals surface area contributed by atoms with Gasteiger partial charge in [-0.05, 0) is 0 Å². The van der Waals surface area contributed by atoms with E-state index in [-0.39, 0.29) is 16.4 Å². The van der Waals surface area contributed by atoms with Gasteiger partial charge in [-0.15, -0.1) is 0 Å². The van der Waals surface area contributed by atoms with Crippen LogP contribution in [0.4, 0.5) is 11.4 Å². The van der Waals surface area contributed by atoms with Gasteiger partial charge in [0, 0.05) is 19.2 Å². The van der Waals surface area contributed by atoms with Gasteiger partial charge in [0.2, 0.25) is 0 Å². The number of nitro benzene ring substituents is 1. The third kappa shape index (κ3) is 2.98. The van der Waals surface area contributed by atoms with Gasteiger partial charge in [-0.1, -0.05) is 11.6 Å². The molecular formula is C9H11ClN2O4. The van der Waals surface area contributed by atoms with Crippen LogP contribution in [0.25, 0.3) is 0 Å². The number of rotatable bonds is 5. The van der Waals surface area contributed by atoms with Crippen molar-refractivity contribution in [2.75, 3.05) is 26.1 Å². The van der Waals surface area contributed by atoms with Gasteiger partial charge in [-0.3, -0.25) is 10.1 Å². The smallest absolute Gasteiger partial charge is 0.293 e. The van der Waals surface area contributed by atoms with Gasteiger partial charge in [0.05, 0.1) is 16.6 Å². The second kappa shape index (κ2) is 5.53. The summed E-state index contributed by atoms with van der Waals surface area (Å²) in [6.45, 7) is 0.695. The van der Waals surface area contributed by atoms with Crippen LogP contribution in [0.3, 0.4) is 0 Å². The van der Waals surface area contributed by atoms with Crippen LogP contribution in [-0.2, 0) is 4.74 Å². The lowest BCUT2D eigenvalue weighted by Crippen LogP contribution is -2.05. The Hall–Kier alpha value is -1.53. The zero-order valence-corrected chi connectivity index (χ0v) is 9.36. The first kappa shape index (κ1) is 12.5. The molecule has 6 nitrogen and oxygen atoms in total. The molecule has 1 aromatic rings. The van der Waals surface area contributed by atoms with Crippen molar-refractivity contribution in [1.82, 2.24) is 0 Å². The predicted molar refractivity (Wildman–Crippen MR) is 59.9 cm³/mol. The number of methoxy groups -OCH3 is 1. The van der Waals surface area contributed by atoms with Crippen LogP contribution in [-0.4, -0.2) is 25.2 Å². The Morgan fingerprint density at radius 1 is 1.50 bits per heavy atom. The number of hydrogen-bond donors (Lipinski definition) is 1. The highest BCUT2D eigenvalue weighted by atomic mass is 35.5. The van der Waals surface area contributed by atoms with E-state index in [1.165, 1.54) is 19.2 Å². The predicted octanol–water partition coefficient (Wildman–Crippen LogP) is 1.86. The van der Waals surface area contributed by atoms with Crippen molar-refractivity contribution in [3.8, 4) is 5.75 Å². The molecule has 0 bridgehead atoms. The summed E-state index contributed by atoms with van der Waals surface area (Å²) >= 11 is 5.80. The molecule has 0 aliphatic carbocycles. The van der Waals surface area contributed by atoms with Crippen LogP contribution in [0.5, 0.6) is 5.75 Å². The molecule has 16 heavy (non-hydrogen) atoms. The van der Waals surface area contributed by atoms with E-state index < -0.39 is 4.92 Å². The molecular weight excluding hydrogens is 236 g/mol. The molecule has 88 valence electrons. The molecule has 0 saturated carbocycles. The molecule has 0 aromatic heterocycles. The number of nitrogens with zero attached hydrogens (tertiary/aromatic N) is 1. The molecule has 0 unspecified atom stereocenters. The van der Waals surface area contributed by atoms with Gasteiger partial charge in [0.15, 0.2) is 0 Å². The number of benzene rings is 1. The van der Waals surface area contributed by atoms with Crippen molar-refractivity contribution in [1.29, 1.82) is 0 Å². The Morgan fingerprint density at radius 3 is 2.75 bits per heavy atom. The van der Waals surface area contributed by atoms with Crippen molar-refractivity contribution < 1.29 is 14.4 Å². The third-order valence-electron chi connectivity index (χ3n) is 1.82. The Balaban J connectivity index is 2.88. The molecule has 0 fully saturated rings. The summed E-state index contributed by atoms with van der Waals surface area (Å²) in [7, 11) is 1.54. The van der Waals surface area contributed by atoms with Crippen molar-refractivity contribution >= 4 is 23.0 Å². The Bertz CT molecular complexity index is 397. The third-order valence-corrected chi connectivity index (χ3v) is 2.12. The van der Waals surface area contributed by atoms with Crippen LogP contribution in [0, 0.1) is 10.1 Å². The Labute approximate surface area is 97.0 Å². The topological polar surface area (TPSA) is 87.6 Å². The second-order valence-electron chi connectivity index (χ2n) is 2.94. The van der Waals surface area contributed by atoms with Crippen molar-refractivity contribution in [2.24, 2.45) is 0 Å². The number of hydrogen-bond acceptors (Lipinski definition) is 5. The Kier molecular flexibility index (Phi) is 4.33. The first-order chi connectivity index (χ1) is 7.56. The molecule has 0 amide bonds. The van der Waals surface area contributed by atoms with Crippen LogP contribution in [0.1, 0.15) is 0 Å². The Morgan fingerprint density at radius 2 is 2.19 bits per heavy atom. The van der Waals surface area contributed by atoms with Crippen molar-refractivity contribution in [3.63, 3.8) is 0 Å². The summed E-state index contributed by atoms with van der Waals surface area (Å²) in [5.74, 6) is 0.307. The fraction of sp³-hybridized carbons (Fsp3) is 0.333. The van der Waals surface area contributed by atoms with E-state index >= 15 is 0 Å². The maximum absolute atomic E-state index is 10.6. The highest BCUT2D eigenvalue weighted by molar-refractivity contribution is 6.32. The minimum Gasteiger partial charge on any atom is -0.490 e. The van der Waals surface area contributed by atoms with Gasteiger partial charge in [-0.25, -0.2) is 0 Å². The zero-order chi connectivity index (χ0) is 12.1. The molecule has 0 spiro atoms. The lowest BCUT2D eigenvalue weighted by molar-refractivity contribution is -0.383. The summed E-state index contributed by atoms with van der Waals surface area (Å²) < 4.78 is 10.0. The highest BCUT2D eigenvalue weighted by Gasteiger charge is 2.15. The normalized spacial score (nSPS) is 10.1. The van der Waals surface area contributed by atoms with Crippen LogP contribution in [0.2, 0.25) is 5.02 Å². The maximum Gasteiger partial charge on any atom is 0.293 e.